The molecule has 2 aromatic carbocycles. The number of nitriles is 1. The van der Waals surface area contributed by atoms with Crippen molar-refractivity contribution in [1.29, 1.82) is 5.26 Å². The van der Waals surface area contributed by atoms with Gasteiger partial charge in [-0.2, -0.15) is 5.26 Å². The maximum absolute atomic E-state index is 11.3. The Morgan fingerprint density at radius 3 is 2.95 bits per heavy atom. The number of hydrogen-bond donors (Lipinski definition) is 2. The molecule has 0 saturated heterocycles. The quantitative estimate of drug-likeness (QED) is 0.816. The van der Waals surface area contributed by atoms with Gasteiger partial charge in [0.1, 0.15) is 5.75 Å². The molecule has 0 spiro atoms. The molecule has 0 aliphatic carbocycles. The van der Waals surface area contributed by atoms with Gasteiger partial charge in [-0.1, -0.05) is 6.07 Å². The van der Waals surface area contributed by atoms with Crippen LogP contribution in [0.2, 0.25) is 0 Å². The zero-order valence-electron chi connectivity index (χ0n) is 10.5. The molecule has 0 radical (unpaired) electrons. The van der Waals surface area contributed by atoms with Crippen molar-refractivity contribution in [3.05, 3.63) is 47.5 Å². The number of benzene rings is 2. The number of carbonyl (C=O) groups excluding carboxylic acids is 1. The monoisotopic (exact) mass is 265 g/mol. The van der Waals surface area contributed by atoms with Gasteiger partial charge in [-0.3, -0.25) is 4.79 Å². The molecule has 1 amide bonds. The van der Waals surface area contributed by atoms with Crippen LogP contribution >= 0.6 is 0 Å². The van der Waals surface area contributed by atoms with E-state index in [1.165, 1.54) is 0 Å². The maximum Gasteiger partial charge on any atom is 0.228 e. The summed E-state index contributed by atoms with van der Waals surface area (Å²) in [5, 5.41) is 11.6. The molecular weight excluding hydrogens is 254 g/mol. The molecule has 0 atom stereocenters. The molecule has 1 heterocycles. The molecule has 0 fully saturated rings. The topological polar surface area (TPSA) is 88.1 Å². The first-order valence-electron chi connectivity index (χ1n) is 6.06. The molecule has 5 heteroatoms. The summed E-state index contributed by atoms with van der Waals surface area (Å²) in [5.41, 5.74) is 8.48. The highest BCUT2D eigenvalue weighted by atomic mass is 16.5. The molecule has 98 valence electrons. The Kier molecular flexibility index (Phi) is 2.77. The SMILES string of the molecule is N#Cc1cccc(Oc2cc3c(cc2N)CC(=O)N3)c1. The Morgan fingerprint density at radius 2 is 2.15 bits per heavy atom. The fraction of sp³-hybridized carbons (Fsp3) is 0.0667. The van der Waals surface area contributed by atoms with Crippen molar-refractivity contribution in [3.8, 4) is 17.6 Å². The summed E-state index contributed by atoms with van der Waals surface area (Å²) in [6.07, 6.45) is 0.337. The average molecular weight is 265 g/mol. The van der Waals surface area contributed by atoms with E-state index in [1.807, 2.05) is 6.07 Å². The van der Waals surface area contributed by atoms with Crippen LogP contribution in [0.5, 0.6) is 11.5 Å². The second-order valence-electron chi connectivity index (χ2n) is 4.51. The summed E-state index contributed by atoms with van der Waals surface area (Å²) in [6, 6.07) is 12.3. The van der Waals surface area contributed by atoms with E-state index in [0.29, 0.717) is 29.2 Å². The van der Waals surface area contributed by atoms with Gasteiger partial charge in [0, 0.05) is 11.8 Å². The number of rotatable bonds is 2. The third kappa shape index (κ3) is 2.15. The third-order valence-corrected chi connectivity index (χ3v) is 3.05. The predicted molar refractivity (Wildman–Crippen MR) is 74.4 cm³/mol. The zero-order chi connectivity index (χ0) is 14.1. The van der Waals surface area contributed by atoms with Crippen LogP contribution in [0.15, 0.2) is 36.4 Å². The third-order valence-electron chi connectivity index (χ3n) is 3.05. The number of hydrogen-bond acceptors (Lipinski definition) is 4. The van der Waals surface area contributed by atoms with Gasteiger partial charge in [0.25, 0.3) is 0 Å². The van der Waals surface area contributed by atoms with E-state index in [0.717, 1.165) is 11.3 Å². The van der Waals surface area contributed by atoms with Crippen LogP contribution in [0.25, 0.3) is 0 Å². The number of ether oxygens (including phenoxy) is 1. The molecule has 0 bridgehead atoms. The first kappa shape index (κ1) is 12.1. The van der Waals surface area contributed by atoms with Gasteiger partial charge in [-0.05, 0) is 29.8 Å². The standard InChI is InChI=1S/C15H11N3O2/c16-8-9-2-1-3-11(4-9)20-14-7-13-10(5-12(14)17)6-15(19)18-13/h1-5,7H,6,17H2,(H,18,19). The van der Waals surface area contributed by atoms with Crippen LogP contribution in [0.3, 0.4) is 0 Å². The Hall–Kier alpha value is -3.00. The van der Waals surface area contributed by atoms with Crippen LogP contribution in [0.4, 0.5) is 11.4 Å². The molecule has 0 unspecified atom stereocenters. The lowest BCUT2D eigenvalue weighted by Crippen LogP contribution is -2.03. The van der Waals surface area contributed by atoms with Crippen LogP contribution < -0.4 is 15.8 Å². The van der Waals surface area contributed by atoms with Gasteiger partial charge in [0.05, 0.1) is 23.7 Å². The number of nitrogen functional groups attached to an aromatic ring is 1. The number of nitrogens with zero attached hydrogens (tertiary/aromatic N) is 1. The maximum atomic E-state index is 11.3. The number of nitrogens with one attached hydrogen (secondary N) is 1. The highest BCUT2D eigenvalue weighted by molar-refractivity contribution is 6.00. The van der Waals surface area contributed by atoms with E-state index < -0.39 is 0 Å². The molecule has 2 aromatic rings. The van der Waals surface area contributed by atoms with Crippen molar-refractivity contribution in [1.82, 2.24) is 0 Å². The fourth-order valence-corrected chi connectivity index (χ4v) is 2.12. The van der Waals surface area contributed by atoms with E-state index >= 15 is 0 Å². The minimum absolute atomic E-state index is 0.0528. The second kappa shape index (κ2) is 4.59. The Balaban J connectivity index is 1.93. The van der Waals surface area contributed by atoms with Gasteiger partial charge < -0.3 is 15.8 Å². The summed E-state index contributed by atoms with van der Waals surface area (Å²) < 4.78 is 5.68. The molecule has 3 rings (SSSR count). The van der Waals surface area contributed by atoms with Gasteiger partial charge >= 0.3 is 0 Å². The Labute approximate surface area is 115 Å². The fourth-order valence-electron chi connectivity index (χ4n) is 2.12. The van der Waals surface area contributed by atoms with Crippen LogP contribution in [0, 0.1) is 11.3 Å². The minimum atomic E-state index is -0.0528. The molecule has 5 nitrogen and oxygen atoms in total. The smallest absolute Gasteiger partial charge is 0.228 e. The van der Waals surface area contributed by atoms with Crippen molar-refractivity contribution >= 4 is 17.3 Å². The summed E-state index contributed by atoms with van der Waals surface area (Å²) in [7, 11) is 0. The van der Waals surface area contributed by atoms with E-state index in [-0.39, 0.29) is 5.91 Å². The van der Waals surface area contributed by atoms with Gasteiger partial charge in [-0.15, -0.1) is 0 Å². The number of nitrogens with two attached hydrogens (primary N) is 1. The first-order valence-corrected chi connectivity index (χ1v) is 6.06. The summed E-state index contributed by atoms with van der Waals surface area (Å²) in [5.74, 6) is 0.934. The zero-order valence-corrected chi connectivity index (χ0v) is 10.5. The molecule has 0 aromatic heterocycles. The van der Waals surface area contributed by atoms with Crippen molar-refractivity contribution in [2.75, 3.05) is 11.1 Å². The second-order valence-corrected chi connectivity index (χ2v) is 4.51. The van der Waals surface area contributed by atoms with Gasteiger partial charge in [0.15, 0.2) is 5.75 Å². The summed E-state index contributed by atoms with van der Waals surface area (Å²) in [6.45, 7) is 0. The minimum Gasteiger partial charge on any atom is -0.455 e. The molecule has 1 aliphatic heterocycles. The number of carbonyl (C=O) groups is 1. The van der Waals surface area contributed by atoms with E-state index in [1.54, 1.807) is 36.4 Å². The van der Waals surface area contributed by atoms with E-state index in [2.05, 4.69) is 5.32 Å². The molecule has 3 N–H and O–H groups in total. The normalized spacial score (nSPS) is 12.4. The predicted octanol–water partition coefficient (Wildman–Crippen LogP) is 2.43. The van der Waals surface area contributed by atoms with Crippen LogP contribution in [-0.2, 0) is 11.2 Å². The Bertz CT molecular complexity index is 747. The number of anilines is 2. The lowest BCUT2D eigenvalue weighted by Gasteiger charge is -2.10. The summed E-state index contributed by atoms with van der Waals surface area (Å²) >= 11 is 0. The van der Waals surface area contributed by atoms with Crippen LogP contribution in [0.1, 0.15) is 11.1 Å². The Morgan fingerprint density at radius 1 is 1.30 bits per heavy atom. The highest BCUT2D eigenvalue weighted by Crippen LogP contribution is 2.35. The molecule has 20 heavy (non-hydrogen) atoms. The van der Waals surface area contributed by atoms with E-state index in [9.17, 15) is 4.79 Å². The van der Waals surface area contributed by atoms with Crippen molar-refractivity contribution in [2.24, 2.45) is 0 Å². The highest BCUT2D eigenvalue weighted by Gasteiger charge is 2.20. The lowest BCUT2D eigenvalue weighted by atomic mass is 10.1. The van der Waals surface area contributed by atoms with Gasteiger partial charge in [-0.25, -0.2) is 0 Å². The van der Waals surface area contributed by atoms with Crippen LogP contribution in [-0.4, -0.2) is 5.91 Å². The van der Waals surface area contributed by atoms with Crippen molar-refractivity contribution < 1.29 is 9.53 Å². The average Bonchev–Trinajstić information content (AvgIpc) is 2.78. The largest absolute Gasteiger partial charge is 0.455 e. The number of fused-ring (bicyclic) bond motifs is 1. The number of amides is 1. The molecule has 1 aliphatic rings. The molecule has 0 saturated carbocycles. The first-order chi connectivity index (χ1) is 9.65. The van der Waals surface area contributed by atoms with Gasteiger partial charge in [0.2, 0.25) is 5.91 Å². The summed E-state index contributed by atoms with van der Waals surface area (Å²) in [4.78, 5) is 11.3. The molecular formula is C15H11N3O2. The lowest BCUT2D eigenvalue weighted by molar-refractivity contribution is -0.115. The van der Waals surface area contributed by atoms with E-state index in [4.69, 9.17) is 15.7 Å². The van der Waals surface area contributed by atoms with Crippen molar-refractivity contribution in [3.63, 3.8) is 0 Å². The van der Waals surface area contributed by atoms with Crippen molar-refractivity contribution in [2.45, 2.75) is 6.42 Å².